The molecular formula is C19H30O9. The van der Waals surface area contributed by atoms with Crippen LogP contribution in [-0.4, -0.2) is 92.0 Å². The molecule has 9 nitrogen and oxygen atoms in total. The Morgan fingerprint density at radius 1 is 1.32 bits per heavy atom. The molecule has 0 saturated carbocycles. The lowest BCUT2D eigenvalue weighted by Gasteiger charge is -2.47. The van der Waals surface area contributed by atoms with E-state index in [2.05, 4.69) is 0 Å². The van der Waals surface area contributed by atoms with Crippen molar-refractivity contribution < 1.29 is 44.9 Å². The lowest BCUT2D eigenvalue weighted by Crippen LogP contribution is -2.60. The molecular weight excluding hydrogens is 372 g/mol. The van der Waals surface area contributed by atoms with Crippen LogP contribution in [0.5, 0.6) is 0 Å². The Morgan fingerprint density at radius 3 is 2.54 bits per heavy atom. The van der Waals surface area contributed by atoms with E-state index >= 15 is 0 Å². The second kappa shape index (κ2) is 8.68. The molecule has 0 spiro atoms. The monoisotopic (exact) mass is 402 g/mol. The highest BCUT2D eigenvalue weighted by atomic mass is 16.7. The second-order valence-corrected chi connectivity index (χ2v) is 7.91. The van der Waals surface area contributed by atoms with Gasteiger partial charge in [0.05, 0.1) is 19.3 Å². The highest BCUT2D eigenvalue weighted by Gasteiger charge is 2.52. The summed E-state index contributed by atoms with van der Waals surface area (Å²) in [5.41, 5.74) is -2.39. The number of aliphatic hydroxyl groups is 6. The van der Waals surface area contributed by atoms with Crippen LogP contribution in [0, 0.1) is 5.41 Å². The fourth-order valence-corrected chi connectivity index (χ4v) is 3.64. The van der Waals surface area contributed by atoms with Crippen LogP contribution in [0.25, 0.3) is 0 Å². The van der Waals surface area contributed by atoms with Crippen LogP contribution in [0.4, 0.5) is 0 Å². The van der Waals surface area contributed by atoms with Crippen molar-refractivity contribution in [2.24, 2.45) is 5.41 Å². The minimum absolute atomic E-state index is 0.0671. The molecule has 2 aliphatic rings. The van der Waals surface area contributed by atoms with E-state index in [9.17, 15) is 35.4 Å². The molecule has 160 valence electrons. The maximum absolute atomic E-state index is 12.1. The highest BCUT2D eigenvalue weighted by Crippen LogP contribution is 2.45. The third kappa shape index (κ3) is 4.37. The van der Waals surface area contributed by atoms with Crippen LogP contribution in [0.2, 0.25) is 0 Å². The van der Waals surface area contributed by atoms with Gasteiger partial charge in [0.15, 0.2) is 12.1 Å². The van der Waals surface area contributed by atoms with E-state index in [0.717, 1.165) is 0 Å². The Hall–Kier alpha value is -1.17. The van der Waals surface area contributed by atoms with Gasteiger partial charge in [0.2, 0.25) is 0 Å². The average Bonchev–Trinajstić information content (AvgIpc) is 2.62. The lowest BCUT2D eigenvalue weighted by molar-refractivity contribution is -0.308. The Bertz CT molecular complexity index is 629. The summed E-state index contributed by atoms with van der Waals surface area (Å²) in [6.45, 7) is 3.90. The van der Waals surface area contributed by atoms with Crippen LogP contribution in [0.3, 0.4) is 0 Å². The minimum atomic E-state index is -1.61. The summed E-state index contributed by atoms with van der Waals surface area (Å²) < 4.78 is 10.9. The van der Waals surface area contributed by atoms with Gasteiger partial charge in [-0.2, -0.15) is 0 Å². The van der Waals surface area contributed by atoms with Gasteiger partial charge < -0.3 is 40.1 Å². The molecule has 6 N–H and O–H groups in total. The van der Waals surface area contributed by atoms with E-state index < -0.39 is 54.4 Å². The molecule has 8 atom stereocenters. The second-order valence-electron chi connectivity index (χ2n) is 7.91. The molecule has 1 fully saturated rings. The van der Waals surface area contributed by atoms with Crippen LogP contribution >= 0.6 is 0 Å². The molecule has 0 bridgehead atoms. The smallest absolute Gasteiger partial charge is 0.186 e. The number of carbonyl (C=O) groups is 1. The molecule has 1 aliphatic heterocycles. The molecule has 1 aliphatic carbocycles. The fourth-order valence-electron chi connectivity index (χ4n) is 3.64. The van der Waals surface area contributed by atoms with E-state index in [1.165, 1.54) is 25.2 Å². The molecule has 0 aromatic carbocycles. The first-order valence-electron chi connectivity index (χ1n) is 9.18. The van der Waals surface area contributed by atoms with Gasteiger partial charge in [0, 0.05) is 11.8 Å². The zero-order valence-corrected chi connectivity index (χ0v) is 16.2. The van der Waals surface area contributed by atoms with Crippen molar-refractivity contribution in [2.45, 2.75) is 69.6 Å². The Balaban J connectivity index is 2.24. The van der Waals surface area contributed by atoms with E-state index in [1.54, 1.807) is 13.8 Å². The summed E-state index contributed by atoms with van der Waals surface area (Å²) in [4.78, 5) is 12.1. The maximum Gasteiger partial charge on any atom is 0.186 e. The van der Waals surface area contributed by atoms with Gasteiger partial charge in [-0.1, -0.05) is 13.0 Å². The van der Waals surface area contributed by atoms with Gasteiger partial charge in [-0.05, 0) is 31.6 Å². The molecule has 1 heterocycles. The summed E-state index contributed by atoms with van der Waals surface area (Å²) in [6, 6.07) is 0. The first-order valence-corrected chi connectivity index (χ1v) is 9.18. The molecule has 2 rings (SSSR count). The first-order chi connectivity index (χ1) is 12.9. The number of hydrogen-bond acceptors (Lipinski definition) is 9. The van der Waals surface area contributed by atoms with Gasteiger partial charge >= 0.3 is 0 Å². The topological polar surface area (TPSA) is 157 Å². The third-order valence-corrected chi connectivity index (χ3v) is 5.49. The molecule has 0 radical (unpaired) electrons. The van der Waals surface area contributed by atoms with Crippen molar-refractivity contribution in [3.05, 3.63) is 23.8 Å². The van der Waals surface area contributed by atoms with Crippen molar-refractivity contribution in [1.29, 1.82) is 0 Å². The summed E-state index contributed by atoms with van der Waals surface area (Å²) in [5, 5.41) is 59.9. The number of allylic oxidation sites excluding steroid dienone is 1. The minimum Gasteiger partial charge on any atom is -0.394 e. The largest absolute Gasteiger partial charge is 0.394 e. The highest BCUT2D eigenvalue weighted by molar-refractivity contribution is 5.92. The van der Waals surface area contributed by atoms with Crippen molar-refractivity contribution in [3.63, 3.8) is 0 Å². The number of hydrogen-bond donors (Lipinski definition) is 6. The quantitative estimate of drug-likeness (QED) is 0.288. The lowest BCUT2D eigenvalue weighted by atomic mass is 9.63. The van der Waals surface area contributed by atoms with Gasteiger partial charge in [-0.25, -0.2) is 0 Å². The van der Waals surface area contributed by atoms with Gasteiger partial charge in [0.1, 0.15) is 30.0 Å². The summed E-state index contributed by atoms with van der Waals surface area (Å²) in [5.74, 6) is -0.215. The molecule has 0 aromatic rings. The van der Waals surface area contributed by atoms with Gasteiger partial charge in [0.25, 0.3) is 0 Å². The van der Waals surface area contributed by atoms with Gasteiger partial charge in [-0.15, -0.1) is 0 Å². The standard InChI is InChI=1S/C19H30O9/c1-10-6-12(22)7-18(3,19(10,26)5-4-11(2)21)9-27-17-16(25)15(24)14(23)13(8-20)28-17/h4-6,11,13-17,20-21,23-26H,7-9H2,1-3H3/b5-4+/t11-,13+,14+,15-,16+,17-,18-,19-/m0/s1. The third-order valence-electron chi connectivity index (χ3n) is 5.49. The molecule has 28 heavy (non-hydrogen) atoms. The summed E-state index contributed by atoms with van der Waals surface area (Å²) in [7, 11) is 0. The number of rotatable bonds is 6. The summed E-state index contributed by atoms with van der Waals surface area (Å²) in [6.07, 6.45) is -3.92. The summed E-state index contributed by atoms with van der Waals surface area (Å²) >= 11 is 0. The number of aliphatic hydroxyl groups excluding tert-OH is 5. The van der Waals surface area contributed by atoms with E-state index in [-0.39, 0.29) is 18.8 Å². The Kier molecular flexibility index (Phi) is 7.17. The first kappa shape index (κ1) is 23.1. The SMILES string of the molecule is CC1=CC(=O)C[C@@](C)(CO[C@H]2O[C@H](CO)[C@@H](O)[C@H](O)[C@H]2O)[C@]1(O)/C=C/[C@H](C)O. The Morgan fingerprint density at radius 2 is 1.96 bits per heavy atom. The molecule has 0 unspecified atom stereocenters. The molecule has 0 aromatic heterocycles. The molecule has 0 amide bonds. The van der Waals surface area contributed by atoms with E-state index in [4.69, 9.17) is 9.47 Å². The van der Waals surface area contributed by atoms with Crippen molar-refractivity contribution in [3.8, 4) is 0 Å². The predicted octanol–water partition coefficient (Wildman–Crippen LogP) is -1.60. The zero-order valence-electron chi connectivity index (χ0n) is 16.2. The normalized spacial score (nSPS) is 43.2. The fraction of sp³-hybridized carbons (Fsp3) is 0.737. The van der Waals surface area contributed by atoms with Crippen molar-refractivity contribution in [2.75, 3.05) is 13.2 Å². The zero-order chi connectivity index (χ0) is 21.3. The number of ketones is 1. The van der Waals surface area contributed by atoms with E-state index in [0.29, 0.717) is 5.57 Å². The van der Waals surface area contributed by atoms with Crippen LogP contribution < -0.4 is 0 Å². The maximum atomic E-state index is 12.1. The molecule has 1 saturated heterocycles. The van der Waals surface area contributed by atoms with Gasteiger partial charge in [-0.3, -0.25) is 4.79 Å². The predicted molar refractivity (Wildman–Crippen MR) is 97.0 cm³/mol. The van der Waals surface area contributed by atoms with Crippen molar-refractivity contribution >= 4 is 5.78 Å². The van der Waals surface area contributed by atoms with Crippen molar-refractivity contribution in [1.82, 2.24) is 0 Å². The van der Waals surface area contributed by atoms with Crippen LogP contribution in [0.1, 0.15) is 27.2 Å². The average molecular weight is 402 g/mol. The number of ether oxygens (including phenoxy) is 2. The van der Waals surface area contributed by atoms with E-state index in [1.807, 2.05) is 0 Å². The molecule has 9 heteroatoms. The van der Waals surface area contributed by atoms with Crippen LogP contribution in [0.15, 0.2) is 23.8 Å². The van der Waals surface area contributed by atoms with Crippen LogP contribution in [-0.2, 0) is 14.3 Å². The Labute approximate surface area is 163 Å². The number of carbonyl (C=O) groups excluding carboxylic acids is 1.